The molecule has 2 aromatic rings. The molecule has 102 valence electrons. The number of aromatic nitrogens is 2. The molecule has 0 amide bonds. The standard InChI is InChI=1S/C14H17F2N3/c1-3-19-10(7-9(2)18-19)8-13(17)14-11(15)5-4-6-12(14)16/h4-7,13H,3,8,17H2,1-2H3. The second-order valence-electron chi connectivity index (χ2n) is 4.54. The van der Waals surface area contributed by atoms with E-state index in [1.165, 1.54) is 18.2 Å². The van der Waals surface area contributed by atoms with Gasteiger partial charge in [-0.05, 0) is 32.0 Å². The molecule has 0 bridgehead atoms. The number of hydrogen-bond donors (Lipinski definition) is 1. The van der Waals surface area contributed by atoms with Gasteiger partial charge in [-0.25, -0.2) is 8.78 Å². The molecule has 0 saturated heterocycles. The van der Waals surface area contributed by atoms with Crippen LogP contribution < -0.4 is 5.73 Å². The minimum absolute atomic E-state index is 0.0657. The number of nitrogens with zero attached hydrogens (tertiary/aromatic N) is 2. The lowest BCUT2D eigenvalue weighted by atomic mass is 10.0. The minimum Gasteiger partial charge on any atom is -0.323 e. The van der Waals surface area contributed by atoms with Gasteiger partial charge in [0.1, 0.15) is 11.6 Å². The van der Waals surface area contributed by atoms with Crippen LogP contribution in [0, 0.1) is 18.6 Å². The molecule has 0 radical (unpaired) electrons. The third kappa shape index (κ3) is 2.81. The molecule has 0 aliphatic heterocycles. The Kier molecular flexibility index (Phi) is 3.95. The van der Waals surface area contributed by atoms with Gasteiger partial charge in [0.15, 0.2) is 0 Å². The first kappa shape index (κ1) is 13.7. The van der Waals surface area contributed by atoms with Crippen molar-refractivity contribution in [2.24, 2.45) is 5.73 Å². The highest BCUT2D eigenvalue weighted by atomic mass is 19.1. The quantitative estimate of drug-likeness (QED) is 0.923. The van der Waals surface area contributed by atoms with E-state index < -0.39 is 17.7 Å². The summed E-state index contributed by atoms with van der Waals surface area (Å²) in [5, 5.41) is 4.29. The molecule has 19 heavy (non-hydrogen) atoms. The maximum atomic E-state index is 13.6. The third-order valence-corrected chi connectivity index (χ3v) is 3.08. The molecule has 3 nitrogen and oxygen atoms in total. The van der Waals surface area contributed by atoms with Crippen molar-refractivity contribution in [3.63, 3.8) is 0 Å². The van der Waals surface area contributed by atoms with Crippen LogP contribution in [0.2, 0.25) is 0 Å². The molecular formula is C14H17F2N3. The van der Waals surface area contributed by atoms with Crippen LogP contribution in [-0.2, 0) is 13.0 Å². The summed E-state index contributed by atoms with van der Waals surface area (Å²) in [7, 11) is 0. The molecular weight excluding hydrogens is 248 g/mol. The van der Waals surface area contributed by atoms with Crippen molar-refractivity contribution in [1.82, 2.24) is 9.78 Å². The Bertz CT molecular complexity index is 558. The van der Waals surface area contributed by atoms with Gasteiger partial charge in [-0.2, -0.15) is 5.10 Å². The topological polar surface area (TPSA) is 43.8 Å². The zero-order valence-electron chi connectivity index (χ0n) is 11.0. The van der Waals surface area contributed by atoms with Crippen molar-refractivity contribution in [2.45, 2.75) is 32.9 Å². The highest BCUT2D eigenvalue weighted by Gasteiger charge is 2.18. The average molecular weight is 265 g/mol. The third-order valence-electron chi connectivity index (χ3n) is 3.08. The predicted octanol–water partition coefficient (Wildman–Crippen LogP) is 2.73. The van der Waals surface area contributed by atoms with Gasteiger partial charge in [0, 0.05) is 30.3 Å². The van der Waals surface area contributed by atoms with Crippen LogP contribution >= 0.6 is 0 Å². The van der Waals surface area contributed by atoms with Crippen LogP contribution in [0.5, 0.6) is 0 Å². The summed E-state index contributed by atoms with van der Waals surface area (Å²) in [6.07, 6.45) is 0.354. The monoisotopic (exact) mass is 265 g/mol. The number of aryl methyl sites for hydroxylation is 2. The van der Waals surface area contributed by atoms with E-state index in [-0.39, 0.29) is 5.56 Å². The number of halogens is 2. The minimum atomic E-state index is -0.720. The van der Waals surface area contributed by atoms with E-state index in [0.29, 0.717) is 13.0 Å². The summed E-state index contributed by atoms with van der Waals surface area (Å²) in [5.74, 6) is -1.21. The Morgan fingerprint density at radius 2 is 1.95 bits per heavy atom. The summed E-state index contributed by atoms with van der Waals surface area (Å²) in [6, 6.07) is 4.95. The summed E-state index contributed by atoms with van der Waals surface area (Å²) in [5.41, 5.74) is 7.63. The van der Waals surface area contributed by atoms with Gasteiger partial charge in [-0.3, -0.25) is 4.68 Å². The first-order valence-corrected chi connectivity index (χ1v) is 6.25. The lowest BCUT2D eigenvalue weighted by Crippen LogP contribution is -2.19. The van der Waals surface area contributed by atoms with E-state index in [2.05, 4.69) is 5.10 Å². The molecule has 1 heterocycles. The fraction of sp³-hybridized carbons (Fsp3) is 0.357. The SMILES string of the molecule is CCn1nc(C)cc1CC(N)c1c(F)cccc1F. The number of hydrogen-bond acceptors (Lipinski definition) is 2. The van der Waals surface area contributed by atoms with E-state index in [0.717, 1.165) is 11.4 Å². The van der Waals surface area contributed by atoms with Crippen LogP contribution in [0.3, 0.4) is 0 Å². The molecule has 1 aromatic carbocycles. The average Bonchev–Trinajstić information content (AvgIpc) is 2.69. The van der Waals surface area contributed by atoms with Crippen molar-refractivity contribution in [2.75, 3.05) is 0 Å². The van der Waals surface area contributed by atoms with Crippen molar-refractivity contribution in [3.8, 4) is 0 Å². The van der Waals surface area contributed by atoms with E-state index in [9.17, 15) is 8.78 Å². The van der Waals surface area contributed by atoms with Crippen LogP contribution in [0.1, 0.15) is 29.9 Å². The summed E-state index contributed by atoms with van der Waals surface area (Å²) in [4.78, 5) is 0. The lowest BCUT2D eigenvalue weighted by Gasteiger charge is -2.14. The molecule has 2 rings (SSSR count). The Labute approximate surface area is 111 Å². The first-order chi connectivity index (χ1) is 9.02. The van der Waals surface area contributed by atoms with Crippen LogP contribution in [0.15, 0.2) is 24.3 Å². The zero-order chi connectivity index (χ0) is 14.0. The van der Waals surface area contributed by atoms with Crippen molar-refractivity contribution < 1.29 is 8.78 Å². The van der Waals surface area contributed by atoms with Crippen molar-refractivity contribution in [1.29, 1.82) is 0 Å². The van der Waals surface area contributed by atoms with E-state index in [1.54, 1.807) is 4.68 Å². The van der Waals surface area contributed by atoms with Gasteiger partial charge in [0.25, 0.3) is 0 Å². The normalized spacial score (nSPS) is 12.7. The maximum absolute atomic E-state index is 13.6. The number of rotatable bonds is 4. The summed E-state index contributed by atoms with van der Waals surface area (Å²) in [6.45, 7) is 4.55. The van der Waals surface area contributed by atoms with Gasteiger partial charge in [0.05, 0.1) is 5.69 Å². The molecule has 1 atom stereocenters. The predicted molar refractivity (Wildman–Crippen MR) is 69.6 cm³/mol. The van der Waals surface area contributed by atoms with Gasteiger partial charge in [0.2, 0.25) is 0 Å². The summed E-state index contributed by atoms with van der Waals surface area (Å²) < 4.78 is 29.1. The molecule has 2 N–H and O–H groups in total. The fourth-order valence-corrected chi connectivity index (χ4v) is 2.23. The van der Waals surface area contributed by atoms with Gasteiger partial charge < -0.3 is 5.73 Å². The fourth-order valence-electron chi connectivity index (χ4n) is 2.23. The second kappa shape index (κ2) is 5.48. The zero-order valence-corrected chi connectivity index (χ0v) is 11.0. The maximum Gasteiger partial charge on any atom is 0.130 e. The number of nitrogens with two attached hydrogens (primary N) is 1. The van der Waals surface area contributed by atoms with Crippen LogP contribution in [0.25, 0.3) is 0 Å². The van der Waals surface area contributed by atoms with E-state index in [4.69, 9.17) is 5.73 Å². The first-order valence-electron chi connectivity index (χ1n) is 6.25. The molecule has 0 aliphatic carbocycles. The smallest absolute Gasteiger partial charge is 0.130 e. The molecule has 1 unspecified atom stereocenters. The Balaban J connectivity index is 2.28. The largest absolute Gasteiger partial charge is 0.323 e. The molecule has 0 fully saturated rings. The Morgan fingerprint density at radius 3 is 2.53 bits per heavy atom. The molecule has 0 spiro atoms. The van der Waals surface area contributed by atoms with Gasteiger partial charge in [-0.1, -0.05) is 6.07 Å². The van der Waals surface area contributed by atoms with Crippen LogP contribution in [0.4, 0.5) is 8.78 Å². The number of benzene rings is 1. The van der Waals surface area contributed by atoms with Gasteiger partial charge in [-0.15, -0.1) is 0 Å². The van der Waals surface area contributed by atoms with E-state index >= 15 is 0 Å². The molecule has 5 heteroatoms. The highest BCUT2D eigenvalue weighted by Crippen LogP contribution is 2.22. The molecule has 0 saturated carbocycles. The lowest BCUT2D eigenvalue weighted by molar-refractivity contribution is 0.513. The molecule has 0 aliphatic rings. The second-order valence-corrected chi connectivity index (χ2v) is 4.54. The summed E-state index contributed by atoms with van der Waals surface area (Å²) >= 11 is 0. The van der Waals surface area contributed by atoms with Crippen LogP contribution in [-0.4, -0.2) is 9.78 Å². The highest BCUT2D eigenvalue weighted by molar-refractivity contribution is 5.25. The van der Waals surface area contributed by atoms with Crippen molar-refractivity contribution >= 4 is 0 Å². The van der Waals surface area contributed by atoms with E-state index in [1.807, 2.05) is 19.9 Å². The molecule has 1 aromatic heterocycles. The Morgan fingerprint density at radius 1 is 1.32 bits per heavy atom. The van der Waals surface area contributed by atoms with Gasteiger partial charge >= 0.3 is 0 Å². The van der Waals surface area contributed by atoms with Crippen molar-refractivity contribution in [3.05, 3.63) is 52.9 Å². The Hall–Kier alpha value is -1.75.